The number of rotatable bonds is 4. The number of ether oxygens (including phenoxy) is 1. The number of benzene rings is 1. The maximum Gasteiger partial charge on any atom is 0.144 e. The predicted molar refractivity (Wildman–Crippen MR) is 55.9 cm³/mol. The van der Waals surface area contributed by atoms with Crippen molar-refractivity contribution in [1.82, 2.24) is 0 Å². The van der Waals surface area contributed by atoms with Crippen LogP contribution < -0.4 is 0 Å². The van der Waals surface area contributed by atoms with Crippen molar-refractivity contribution in [3.05, 3.63) is 34.9 Å². The molecule has 74 valence electrons. The molecule has 0 bridgehead atoms. The Bertz CT molecular complexity index is 332. The van der Waals surface area contributed by atoms with E-state index < -0.39 is 0 Å². The van der Waals surface area contributed by atoms with Crippen molar-refractivity contribution in [2.24, 2.45) is 0 Å². The molecule has 0 aliphatic carbocycles. The average Bonchev–Trinajstić information content (AvgIpc) is 2.19. The van der Waals surface area contributed by atoms with Crippen molar-refractivity contribution in [2.75, 3.05) is 0 Å². The van der Waals surface area contributed by atoms with Crippen molar-refractivity contribution in [2.45, 2.75) is 26.1 Å². The van der Waals surface area contributed by atoms with Crippen molar-refractivity contribution >= 4 is 11.6 Å². The van der Waals surface area contributed by atoms with Gasteiger partial charge in [0.15, 0.2) is 0 Å². The van der Waals surface area contributed by atoms with Crippen LogP contribution in [0.25, 0.3) is 0 Å². The fourth-order valence-corrected chi connectivity index (χ4v) is 1.28. The summed E-state index contributed by atoms with van der Waals surface area (Å²) in [5.41, 5.74) is 0.992. The summed E-state index contributed by atoms with van der Waals surface area (Å²) in [6.45, 7) is 2.36. The molecule has 0 spiro atoms. The molecular weight excluding hydrogens is 198 g/mol. The Morgan fingerprint density at radius 3 is 2.93 bits per heavy atom. The van der Waals surface area contributed by atoms with E-state index in [2.05, 4.69) is 6.07 Å². The molecule has 0 aromatic heterocycles. The Morgan fingerprint density at radius 2 is 2.36 bits per heavy atom. The summed E-state index contributed by atoms with van der Waals surface area (Å²) in [6.07, 6.45) is 0.380. The monoisotopic (exact) mass is 209 g/mol. The van der Waals surface area contributed by atoms with Crippen LogP contribution in [0.2, 0.25) is 5.02 Å². The Balaban J connectivity index is 2.50. The van der Waals surface area contributed by atoms with Crippen LogP contribution in [0.15, 0.2) is 24.3 Å². The van der Waals surface area contributed by atoms with E-state index in [1.165, 1.54) is 0 Å². The Kier molecular flexibility index (Phi) is 4.45. The van der Waals surface area contributed by atoms with E-state index in [1.807, 2.05) is 31.2 Å². The summed E-state index contributed by atoms with van der Waals surface area (Å²) >= 11 is 5.81. The zero-order chi connectivity index (χ0) is 10.4. The average molecular weight is 210 g/mol. The lowest BCUT2D eigenvalue weighted by atomic mass is 10.2. The highest BCUT2D eigenvalue weighted by Gasteiger charge is 2.04. The van der Waals surface area contributed by atoms with Crippen LogP contribution in [0.4, 0.5) is 0 Å². The van der Waals surface area contributed by atoms with Gasteiger partial charge in [0.2, 0.25) is 0 Å². The van der Waals surface area contributed by atoms with Crippen LogP contribution in [0.5, 0.6) is 0 Å². The van der Waals surface area contributed by atoms with Crippen LogP contribution in [0.3, 0.4) is 0 Å². The van der Waals surface area contributed by atoms with Crippen LogP contribution in [0, 0.1) is 11.3 Å². The molecule has 0 aliphatic rings. The Morgan fingerprint density at radius 1 is 1.57 bits per heavy atom. The highest BCUT2D eigenvalue weighted by Crippen LogP contribution is 2.12. The summed E-state index contributed by atoms with van der Waals surface area (Å²) in [5.74, 6) is 0. The molecule has 2 nitrogen and oxygen atoms in total. The molecule has 3 heteroatoms. The van der Waals surface area contributed by atoms with Gasteiger partial charge in [0, 0.05) is 5.02 Å². The van der Waals surface area contributed by atoms with Crippen molar-refractivity contribution < 1.29 is 4.74 Å². The van der Waals surface area contributed by atoms with E-state index in [-0.39, 0.29) is 6.10 Å². The molecule has 0 fully saturated rings. The Hall–Kier alpha value is -1.04. The normalized spacial score (nSPS) is 12.1. The van der Waals surface area contributed by atoms with Crippen molar-refractivity contribution in [3.8, 4) is 6.07 Å². The lowest BCUT2D eigenvalue weighted by Crippen LogP contribution is -2.08. The first-order valence-corrected chi connectivity index (χ1v) is 4.89. The fourth-order valence-electron chi connectivity index (χ4n) is 1.07. The minimum atomic E-state index is -0.325. The molecule has 0 amide bonds. The van der Waals surface area contributed by atoms with Gasteiger partial charge in [-0.2, -0.15) is 5.26 Å². The van der Waals surface area contributed by atoms with E-state index in [0.717, 1.165) is 5.56 Å². The number of nitrogens with zero attached hydrogens (tertiary/aromatic N) is 1. The largest absolute Gasteiger partial charge is 0.359 e. The fraction of sp³-hybridized carbons (Fsp3) is 0.364. The SMILES string of the molecule is CCC(C#N)OCc1cccc(Cl)c1. The minimum absolute atomic E-state index is 0.325. The van der Waals surface area contributed by atoms with Gasteiger partial charge in [0.25, 0.3) is 0 Å². The molecule has 1 rings (SSSR count). The Labute approximate surface area is 89.1 Å². The third kappa shape index (κ3) is 3.37. The molecular formula is C11H12ClNO. The van der Waals surface area contributed by atoms with Gasteiger partial charge in [-0.15, -0.1) is 0 Å². The van der Waals surface area contributed by atoms with E-state index in [4.69, 9.17) is 21.6 Å². The van der Waals surface area contributed by atoms with Gasteiger partial charge in [0.1, 0.15) is 6.10 Å². The summed E-state index contributed by atoms with van der Waals surface area (Å²) in [4.78, 5) is 0. The van der Waals surface area contributed by atoms with E-state index in [9.17, 15) is 0 Å². The number of halogens is 1. The topological polar surface area (TPSA) is 33.0 Å². The quantitative estimate of drug-likeness (QED) is 0.763. The van der Waals surface area contributed by atoms with Gasteiger partial charge in [-0.05, 0) is 24.1 Å². The van der Waals surface area contributed by atoms with Crippen LogP contribution in [-0.4, -0.2) is 6.10 Å². The van der Waals surface area contributed by atoms with E-state index in [0.29, 0.717) is 18.1 Å². The lowest BCUT2D eigenvalue weighted by molar-refractivity contribution is 0.0745. The summed E-state index contributed by atoms with van der Waals surface area (Å²) in [6, 6.07) is 9.53. The van der Waals surface area contributed by atoms with Gasteiger partial charge in [0.05, 0.1) is 12.7 Å². The van der Waals surface area contributed by atoms with Crippen molar-refractivity contribution in [3.63, 3.8) is 0 Å². The molecule has 0 heterocycles. The molecule has 0 saturated carbocycles. The number of nitriles is 1. The predicted octanol–water partition coefficient (Wildman–Crippen LogP) is 3.16. The minimum Gasteiger partial charge on any atom is -0.359 e. The summed E-state index contributed by atoms with van der Waals surface area (Å²) in [7, 11) is 0. The van der Waals surface area contributed by atoms with Crippen LogP contribution >= 0.6 is 11.6 Å². The van der Waals surface area contributed by atoms with Gasteiger partial charge in [-0.1, -0.05) is 30.7 Å². The van der Waals surface area contributed by atoms with Gasteiger partial charge >= 0.3 is 0 Å². The molecule has 1 aromatic rings. The first kappa shape index (κ1) is 11.0. The molecule has 1 aromatic carbocycles. The van der Waals surface area contributed by atoms with Gasteiger partial charge in [-0.25, -0.2) is 0 Å². The zero-order valence-corrected chi connectivity index (χ0v) is 8.79. The summed E-state index contributed by atoms with van der Waals surface area (Å²) < 4.78 is 5.36. The highest BCUT2D eigenvalue weighted by molar-refractivity contribution is 6.30. The van der Waals surface area contributed by atoms with E-state index >= 15 is 0 Å². The smallest absolute Gasteiger partial charge is 0.144 e. The maximum atomic E-state index is 8.66. The van der Waals surface area contributed by atoms with E-state index in [1.54, 1.807) is 0 Å². The second kappa shape index (κ2) is 5.64. The second-order valence-corrected chi connectivity index (χ2v) is 3.40. The standard InChI is InChI=1S/C11H12ClNO/c1-2-11(7-13)14-8-9-4-3-5-10(12)6-9/h3-6,11H,2,8H2,1H3. The van der Waals surface area contributed by atoms with Crippen LogP contribution in [-0.2, 0) is 11.3 Å². The molecule has 0 aliphatic heterocycles. The number of hydrogen-bond donors (Lipinski definition) is 0. The first-order valence-electron chi connectivity index (χ1n) is 4.52. The highest BCUT2D eigenvalue weighted by atomic mass is 35.5. The zero-order valence-electron chi connectivity index (χ0n) is 8.03. The maximum absolute atomic E-state index is 8.66. The van der Waals surface area contributed by atoms with Gasteiger partial charge in [-0.3, -0.25) is 0 Å². The van der Waals surface area contributed by atoms with Crippen molar-refractivity contribution in [1.29, 1.82) is 5.26 Å². The molecule has 0 radical (unpaired) electrons. The van der Waals surface area contributed by atoms with Crippen LogP contribution in [0.1, 0.15) is 18.9 Å². The van der Waals surface area contributed by atoms with Gasteiger partial charge < -0.3 is 4.74 Å². The third-order valence-electron chi connectivity index (χ3n) is 1.85. The molecule has 1 unspecified atom stereocenters. The molecule has 14 heavy (non-hydrogen) atoms. The summed E-state index contributed by atoms with van der Waals surface area (Å²) in [5, 5.41) is 9.35. The second-order valence-electron chi connectivity index (χ2n) is 2.97. The first-order chi connectivity index (χ1) is 6.76. The molecule has 0 N–H and O–H groups in total. The molecule has 1 atom stereocenters. The number of hydrogen-bond acceptors (Lipinski definition) is 2. The molecule has 0 saturated heterocycles. The third-order valence-corrected chi connectivity index (χ3v) is 2.09. The lowest BCUT2D eigenvalue weighted by Gasteiger charge is -2.08.